The van der Waals surface area contributed by atoms with Gasteiger partial charge in [-0.25, -0.2) is 0 Å². The molecule has 3 heteroatoms. The van der Waals surface area contributed by atoms with Gasteiger partial charge in [0.15, 0.2) is 0 Å². The van der Waals surface area contributed by atoms with Gasteiger partial charge in [-0.2, -0.15) is 0 Å². The van der Waals surface area contributed by atoms with Crippen LogP contribution >= 0.6 is 0 Å². The summed E-state index contributed by atoms with van der Waals surface area (Å²) in [5, 5.41) is 2.87. The van der Waals surface area contributed by atoms with Crippen LogP contribution in [0, 0.1) is 12.3 Å². The molecule has 0 bridgehead atoms. The van der Waals surface area contributed by atoms with E-state index in [1.807, 2.05) is 6.07 Å². The van der Waals surface area contributed by atoms with E-state index < -0.39 is 0 Å². The fourth-order valence-corrected chi connectivity index (χ4v) is 1.62. The van der Waals surface area contributed by atoms with E-state index in [1.54, 1.807) is 19.2 Å². The quantitative estimate of drug-likeness (QED) is 0.616. The molecule has 0 atom stereocenters. The summed E-state index contributed by atoms with van der Waals surface area (Å²) in [5.41, 5.74) is 1.56. The lowest BCUT2D eigenvalue weighted by Gasteiger charge is -2.08. The molecule has 1 N–H and O–H groups in total. The van der Waals surface area contributed by atoms with Gasteiger partial charge in [0, 0.05) is 12.1 Å². The topological polar surface area (TPSA) is 38.3 Å². The first-order chi connectivity index (χ1) is 8.71. The summed E-state index contributed by atoms with van der Waals surface area (Å²) in [5.74, 6) is 3.29. The van der Waals surface area contributed by atoms with Crippen molar-refractivity contribution in [3.05, 3.63) is 29.3 Å². The number of amides is 1. The Hall–Kier alpha value is -1.95. The normalized spacial score (nSPS) is 9.61. The number of carbonyl (C=O) groups is 1. The number of unbranched alkanes of at least 4 members (excludes halogenated alkanes) is 1. The van der Waals surface area contributed by atoms with Crippen molar-refractivity contribution in [2.24, 2.45) is 0 Å². The number of benzene rings is 1. The number of hydrogen-bond acceptors (Lipinski definition) is 2. The van der Waals surface area contributed by atoms with Crippen molar-refractivity contribution in [1.29, 1.82) is 0 Å². The van der Waals surface area contributed by atoms with Crippen LogP contribution in [0.4, 0.5) is 0 Å². The summed E-state index contributed by atoms with van der Waals surface area (Å²) >= 11 is 0. The molecule has 0 heterocycles. The van der Waals surface area contributed by atoms with Crippen molar-refractivity contribution in [3.8, 4) is 18.1 Å². The first kappa shape index (κ1) is 14.1. The third-order valence-corrected chi connectivity index (χ3v) is 2.67. The molecule has 0 saturated heterocycles. The van der Waals surface area contributed by atoms with Crippen molar-refractivity contribution in [1.82, 2.24) is 5.32 Å². The van der Waals surface area contributed by atoms with E-state index >= 15 is 0 Å². The molecule has 0 aliphatic heterocycles. The van der Waals surface area contributed by atoms with E-state index in [4.69, 9.17) is 11.2 Å². The zero-order valence-electron chi connectivity index (χ0n) is 11.0. The molecule has 0 aromatic heterocycles. The van der Waals surface area contributed by atoms with Crippen LogP contribution in [0.2, 0.25) is 0 Å². The van der Waals surface area contributed by atoms with Gasteiger partial charge in [0.05, 0.1) is 13.5 Å². The summed E-state index contributed by atoms with van der Waals surface area (Å²) < 4.78 is 5.13. The zero-order chi connectivity index (χ0) is 13.4. The molecule has 0 saturated carbocycles. The van der Waals surface area contributed by atoms with Crippen molar-refractivity contribution in [2.45, 2.75) is 26.2 Å². The SMILES string of the molecule is C#Cc1ccc(OC)cc1CC(=O)NCCCC. The number of methoxy groups -OCH3 is 1. The second-order valence-electron chi connectivity index (χ2n) is 4.05. The molecule has 0 spiro atoms. The fourth-order valence-electron chi connectivity index (χ4n) is 1.62. The molecule has 0 fully saturated rings. The highest BCUT2D eigenvalue weighted by Gasteiger charge is 2.08. The molecule has 0 radical (unpaired) electrons. The van der Waals surface area contributed by atoms with Crippen LogP contribution in [0.15, 0.2) is 18.2 Å². The maximum absolute atomic E-state index is 11.7. The van der Waals surface area contributed by atoms with Crippen LogP contribution in [0.25, 0.3) is 0 Å². The van der Waals surface area contributed by atoms with Gasteiger partial charge in [0.2, 0.25) is 5.91 Å². The van der Waals surface area contributed by atoms with Gasteiger partial charge in [0.25, 0.3) is 0 Å². The Morgan fingerprint density at radius 2 is 2.28 bits per heavy atom. The zero-order valence-corrected chi connectivity index (χ0v) is 11.0. The third-order valence-electron chi connectivity index (χ3n) is 2.67. The van der Waals surface area contributed by atoms with Gasteiger partial charge in [0.1, 0.15) is 5.75 Å². The lowest BCUT2D eigenvalue weighted by atomic mass is 10.0. The number of rotatable bonds is 6. The molecule has 1 rings (SSSR count). The maximum Gasteiger partial charge on any atom is 0.224 e. The first-order valence-electron chi connectivity index (χ1n) is 6.11. The Morgan fingerprint density at radius 3 is 2.89 bits per heavy atom. The lowest BCUT2D eigenvalue weighted by Crippen LogP contribution is -2.26. The predicted molar refractivity (Wildman–Crippen MR) is 72.6 cm³/mol. The van der Waals surface area contributed by atoms with Crippen molar-refractivity contribution >= 4 is 5.91 Å². The molecule has 1 amide bonds. The van der Waals surface area contributed by atoms with Crippen LogP contribution in [0.5, 0.6) is 5.75 Å². The first-order valence-corrected chi connectivity index (χ1v) is 6.11. The van der Waals surface area contributed by atoms with E-state index in [2.05, 4.69) is 18.2 Å². The molecular weight excluding hydrogens is 226 g/mol. The predicted octanol–water partition coefficient (Wildman–Crippen LogP) is 2.14. The Balaban J connectivity index is 2.70. The Morgan fingerprint density at radius 1 is 1.50 bits per heavy atom. The average Bonchev–Trinajstić information content (AvgIpc) is 2.39. The minimum atomic E-state index is -0.00629. The summed E-state index contributed by atoms with van der Waals surface area (Å²) in [6.07, 6.45) is 7.77. The van der Waals surface area contributed by atoms with Crippen LogP contribution in [-0.2, 0) is 11.2 Å². The fraction of sp³-hybridized carbons (Fsp3) is 0.400. The van der Waals surface area contributed by atoms with Crippen LogP contribution in [0.1, 0.15) is 30.9 Å². The number of hydrogen-bond donors (Lipinski definition) is 1. The molecule has 0 aliphatic rings. The highest BCUT2D eigenvalue weighted by Crippen LogP contribution is 2.17. The van der Waals surface area contributed by atoms with E-state index in [0.29, 0.717) is 18.7 Å². The number of terminal acetylenes is 1. The largest absolute Gasteiger partial charge is 0.497 e. The monoisotopic (exact) mass is 245 g/mol. The van der Waals surface area contributed by atoms with E-state index in [9.17, 15) is 4.79 Å². The summed E-state index contributed by atoms with van der Waals surface area (Å²) in [6, 6.07) is 5.41. The number of nitrogens with one attached hydrogen (secondary N) is 1. The smallest absolute Gasteiger partial charge is 0.224 e. The Labute approximate surface area is 109 Å². The highest BCUT2D eigenvalue weighted by molar-refractivity contribution is 5.79. The van der Waals surface area contributed by atoms with Crippen molar-refractivity contribution < 1.29 is 9.53 Å². The van der Waals surface area contributed by atoms with Crippen molar-refractivity contribution in [2.75, 3.05) is 13.7 Å². The minimum Gasteiger partial charge on any atom is -0.497 e. The lowest BCUT2D eigenvalue weighted by molar-refractivity contribution is -0.120. The maximum atomic E-state index is 11.7. The summed E-state index contributed by atoms with van der Waals surface area (Å²) in [4.78, 5) is 11.7. The minimum absolute atomic E-state index is 0.00629. The summed E-state index contributed by atoms with van der Waals surface area (Å²) in [7, 11) is 1.59. The molecule has 18 heavy (non-hydrogen) atoms. The van der Waals surface area contributed by atoms with E-state index in [1.165, 1.54) is 0 Å². The highest BCUT2D eigenvalue weighted by atomic mass is 16.5. The van der Waals surface area contributed by atoms with Crippen LogP contribution in [-0.4, -0.2) is 19.6 Å². The van der Waals surface area contributed by atoms with E-state index in [-0.39, 0.29) is 5.91 Å². The van der Waals surface area contributed by atoms with Gasteiger partial charge in [-0.05, 0) is 30.2 Å². The van der Waals surface area contributed by atoms with Gasteiger partial charge in [-0.3, -0.25) is 4.79 Å². The molecule has 0 aliphatic carbocycles. The van der Waals surface area contributed by atoms with E-state index in [0.717, 1.165) is 24.0 Å². The number of carbonyl (C=O) groups excluding carboxylic acids is 1. The standard InChI is InChI=1S/C15H19NO2/c1-4-6-9-16-15(17)11-13-10-14(18-3)8-7-12(13)5-2/h2,7-8,10H,4,6,9,11H2,1,3H3,(H,16,17). The van der Waals surface area contributed by atoms with Crippen LogP contribution in [0.3, 0.4) is 0 Å². The number of ether oxygens (including phenoxy) is 1. The summed E-state index contributed by atoms with van der Waals surface area (Å²) in [6.45, 7) is 2.80. The van der Waals surface area contributed by atoms with Gasteiger partial charge < -0.3 is 10.1 Å². The third kappa shape index (κ3) is 4.14. The molecule has 96 valence electrons. The molecule has 3 nitrogen and oxygen atoms in total. The molecule has 1 aromatic carbocycles. The molecular formula is C15H19NO2. The van der Waals surface area contributed by atoms with Gasteiger partial charge in [-0.1, -0.05) is 19.3 Å². The van der Waals surface area contributed by atoms with Crippen LogP contribution < -0.4 is 10.1 Å². The van der Waals surface area contributed by atoms with Gasteiger partial charge in [-0.15, -0.1) is 6.42 Å². The second kappa shape index (κ2) is 7.39. The average molecular weight is 245 g/mol. The van der Waals surface area contributed by atoms with Crippen molar-refractivity contribution in [3.63, 3.8) is 0 Å². The Kier molecular flexibility index (Phi) is 5.79. The molecule has 1 aromatic rings. The van der Waals surface area contributed by atoms with Gasteiger partial charge >= 0.3 is 0 Å². The second-order valence-corrected chi connectivity index (χ2v) is 4.05. The molecule has 0 unspecified atom stereocenters. The Bertz CT molecular complexity index is 446.